The number of hydrogen-bond acceptors (Lipinski definition) is 1. The Hall–Kier alpha value is -0.690. The molecule has 0 radical (unpaired) electrons. The Morgan fingerprint density at radius 2 is 2.15 bits per heavy atom. The minimum atomic E-state index is 0.179. The first-order valence-electron chi connectivity index (χ1n) is 4.64. The topological polar surface area (TPSA) is 12.0 Å². The van der Waals surface area contributed by atoms with E-state index in [1.54, 1.807) is 0 Å². The third-order valence-electron chi connectivity index (χ3n) is 2.58. The summed E-state index contributed by atoms with van der Waals surface area (Å²) in [6.07, 6.45) is 2.29. The molecule has 0 spiro atoms. The maximum atomic E-state index is 6.11. The predicted octanol–water partition coefficient (Wildman–Crippen LogP) is 3.48. The molecule has 0 unspecified atom stereocenters. The summed E-state index contributed by atoms with van der Waals surface area (Å²) in [6.45, 7) is 4.42. The fourth-order valence-electron chi connectivity index (χ4n) is 1.77. The van der Waals surface area contributed by atoms with Crippen molar-refractivity contribution in [2.75, 3.05) is 5.32 Å². The minimum Gasteiger partial charge on any atom is -0.379 e. The second-order valence-electron chi connectivity index (χ2n) is 4.28. The van der Waals surface area contributed by atoms with E-state index in [9.17, 15) is 0 Å². The van der Waals surface area contributed by atoms with E-state index < -0.39 is 0 Å². The quantitative estimate of drug-likeness (QED) is 0.669. The second kappa shape index (κ2) is 2.91. The van der Waals surface area contributed by atoms with Crippen LogP contribution in [-0.2, 0) is 6.42 Å². The van der Waals surface area contributed by atoms with Gasteiger partial charge >= 0.3 is 0 Å². The number of rotatable bonds is 0. The first kappa shape index (κ1) is 8.89. The van der Waals surface area contributed by atoms with Gasteiger partial charge in [-0.25, -0.2) is 0 Å². The van der Waals surface area contributed by atoms with Gasteiger partial charge in [-0.1, -0.05) is 23.7 Å². The largest absolute Gasteiger partial charge is 0.379 e. The zero-order chi connectivity index (χ0) is 9.47. The van der Waals surface area contributed by atoms with Gasteiger partial charge in [-0.3, -0.25) is 0 Å². The Morgan fingerprint density at radius 3 is 2.92 bits per heavy atom. The van der Waals surface area contributed by atoms with Gasteiger partial charge in [0.1, 0.15) is 0 Å². The Labute approximate surface area is 84.1 Å². The van der Waals surface area contributed by atoms with E-state index in [-0.39, 0.29) is 5.54 Å². The fraction of sp³-hybridized carbons (Fsp3) is 0.455. The van der Waals surface area contributed by atoms with Crippen molar-refractivity contribution in [1.82, 2.24) is 0 Å². The number of benzene rings is 1. The first-order valence-corrected chi connectivity index (χ1v) is 5.02. The van der Waals surface area contributed by atoms with Crippen LogP contribution in [0.5, 0.6) is 0 Å². The van der Waals surface area contributed by atoms with Crippen LogP contribution in [0, 0.1) is 0 Å². The van der Waals surface area contributed by atoms with Crippen molar-refractivity contribution < 1.29 is 0 Å². The molecule has 1 nitrogen and oxygen atoms in total. The average molecular weight is 196 g/mol. The third kappa shape index (κ3) is 1.66. The van der Waals surface area contributed by atoms with Gasteiger partial charge < -0.3 is 5.32 Å². The van der Waals surface area contributed by atoms with Crippen LogP contribution in [0.2, 0.25) is 5.02 Å². The highest BCUT2D eigenvalue weighted by Gasteiger charge is 2.24. The highest BCUT2D eigenvalue weighted by molar-refractivity contribution is 6.33. The van der Waals surface area contributed by atoms with Crippen LogP contribution in [0.25, 0.3) is 0 Å². The zero-order valence-corrected chi connectivity index (χ0v) is 8.78. The maximum absolute atomic E-state index is 6.11. The van der Waals surface area contributed by atoms with Gasteiger partial charge in [-0.15, -0.1) is 0 Å². The highest BCUT2D eigenvalue weighted by Crippen LogP contribution is 2.35. The van der Waals surface area contributed by atoms with E-state index in [1.165, 1.54) is 12.0 Å². The van der Waals surface area contributed by atoms with Crippen molar-refractivity contribution in [2.24, 2.45) is 0 Å². The van der Waals surface area contributed by atoms with Crippen LogP contribution in [0.3, 0.4) is 0 Å². The number of aryl methyl sites for hydroxylation is 1. The Morgan fingerprint density at radius 1 is 1.38 bits per heavy atom. The second-order valence-corrected chi connectivity index (χ2v) is 4.69. The molecule has 0 amide bonds. The van der Waals surface area contributed by atoms with E-state index in [2.05, 4.69) is 25.2 Å². The van der Waals surface area contributed by atoms with Gasteiger partial charge in [0.25, 0.3) is 0 Å². The van der Waals surface area contributed by atoms with Crippen LogP contribution < -0.4 is 5.32 Å². The van der Waals surface area contributed by atoms with Gasteiger partial charge in [0.05, 0.1) is 10.7 Å². The monoisotopic (exact) mass is 195 g/mol. The van der Waals surface area contributed by atoms with Crippen molar-refractivity contribution in [1.29, 1.82) is 0 Å². The molecule has 0 atom stereocenters. The molecule has 1 heterocycles. The number of anilines is 1. The van der Waals surface area contributed by atoms with Crippen molar-refractivity contribution in [3.63, 3.8) is 0 Å². The summed E-state index contributed by atoms with van der Waals surface area (Å²) >= 11 is 6.11. The molecule has 1 aromatic carbocycles. The number of halogens is 1. The summed E-state index contributed by atoms with van der Waals surface area (Å²) < 4.78 is 0. The van der Waals surface area contributed by atoms with Crippen LogP contribution in [-0.4, -0.2) is 5.54 Å². The lowest BCUT2D eigenvalue weighted by molar-refractivity contribution is 0.502. The van der Waals surface area contributed by atoms with E-state index in [4.69, 9.17) is 11.6 Å². The highest BCUT2D eigenvalue weighted by atomic mass is 35.5. The van der Waals surface area contributed by atoms with Gasteiger partial charge in [0.15, 0.2) is 0 Å². The minimum absolute atomic E-state index is 0.179. The molecule has 0 saturated heterocycles. The van der Waals surface area contributed by atoms with Gasteiger partial charge in [0, 0.05) is 5.54 Å². The van der Waals surface area contributed by atoms with Crippen LogP contribution in [0.1, 0.15) is 25.8 Å². The molecule has 0 bridgehead atoms. The molecule has 70 valence electrons. The normalized spacial score (nSPS) is 19.0. The van der Waals surface area contributed by atoms with Gasteiger partial charge in [-0.05, 0) is 38.3 Å². The molecule has 2 heteroatoms. The first-order chi connectivity index (χ1) is 6.08. The van der Waals surface area contributed by atoms with E-state index in [0.717, 1.165) is 17.1 Å². The number of hydrogen-bond donors (Lipinski definition) is 1. The molecule has 0 saturated carbocycles. The molecule has 2 rings (SSSR count). The molecule has 1 aliphatic heterocycles. The summed E-state index contributed by atoms with van der Waals surface area (Å²) in [7, 11) is 0. The summed E-state index contributed by atoms with van der Waals surface area (Å²) in [5, 5.41) is 4.31. The SMILES string of the molecule is CC1(C)CCc2cccc(Cl)c2N1. The predicted molar refractivity (Wildman–Crippen MR) is 57.5 cm³/mol. The molecule has 1 aliphatic rings. The molecule has 1 N–H and O–H groups in total. The van der Waals surface area contributed by atoms with Crippen LogP contribution >= 0.6 is 11.6 Å². The molecular weight excluding hydrogens is 182 g/mol. The smallest absolute Gasteiger partial charge is 0.0640 e. The van der Waals surface area contributed by atoms with E-state index in [1.807, 2.05) is 12.1 Å². The fourth-order valence-corrected chi connectivity index (χ4v) is 2.01. The number of nitrogens with one attached hydrogen (secondary N) is 1. The summed E-state index contributed by atoms with van der Waals surface area (Å²) in [4.78, 5) is 0. The third-order valence-corrected chi connectivity index (χ3v) is 2.90. The van der Waals surface area contributed by atoms with Crippen molar-refractivity contribution in [2.45, 2.75) is 32.2 Å². The standard InChI is InChI=1S/C11H14ClN/c1-11(2)7-6-8-4-3-5-9(12)10(8)13-11/h3-5,13H,6-7H2,1-2H3. The lowest BCUT2D eigenvalue weighted by Gasteiger charge is -2.34. The average Bonchev–Trinajstić information content (AvgIpc) is 2.06. The molecule has 0 aromatic heterocycles. The van der Waals surface area contributed by atoms with Crippen molar-refractivity contribution in [3.8, 4) is 0 Å². The molecule has 0 fully saturated rings. The number of para-hydroxylation sites is 1. The molecule has 1 aromatic rings. The Kier molecular flexibility index (Phi) is 1.99. The maximum Gasteiger partial charge on any atom is 0.0640 e. The van der Waals surface area contributed by atoms with Crippen molar-refractivity contribution in [3.05, 3.63) is 28.8 Å². The van der Waals surface area contributed by atoms with Gasteiger partial charge in [-0.2, -0.15) is 0 Å². The van der Waals surface area contributed by atoms with Crippen LogP contribution in [0.15, 0.2) is 18.2 Å². The lowest BCUT2D eigenvalue weighted by atomic mass is 9.89. The molecular formula is C11H14ClN. The summed E-state index contributed by atoms with van der Waals surface area (Å²) in [6, 6.07) is 6.10. The van der Waals surface area contributed by atoms with Gasteiger partial charge in [0.2, 0.25) is 0 Å². The van der Waals surface area contributed by atoms with Crippen LogP contribution in [0.4, 0.5) is 5.69 Å². The molecule has 0 aliphatic carbocycles. The lowest BCUT2D eigenvalue weighted by Crippen LogP contribution is -2.35. The summed E-state index contributed by atoms with van der Waals surface area (Å²) in [5.74, 6) is 0. The molecule has 13 heavy (non-hydrogen) atoms. The van der Waals surface area contributed by atoms with Crippen molar-refractivity contribution >= 4 is 17.3 Å². The Bertz CT molecular complexity index is 331. The number of fused-ring (bicyclic) bond motifs is 1. The summed E-state index contributed by atoms with van der Waals surface area (Å²) in [5.41, 5.74) is 2.64. The Balaban J connectivity index is 2.44. The van der Waals surface area contributed by atoms with E-state index >= 15 is 0 Å². The van der Waals surface area contributed by atoms with E-state index in [0.29, 0.717) is 0 Å². The zero-order valence-electron chi connectivity index (χ0n) is 8.02.